The van der Waals surface area contributed by atoms with Gasteiger partial charge in [0.15, 0.2) is 11.5 Å². The Morgan fingerprint density at radius 2 is 1.71 bits per heavy atom. The van der Waals surface area contributed by atoms with Crippen molar-refractivity contribution < 1.29 is 27.1 Å². The van der Waals surface area contributed by atoms with Gasteiger partial charge >= 0.3 is 0 Å². The number of sulfonamides is 1. The van der Waals surface area contributed by atoms with Crippen molar-refractivity contribution in [3.63, 3.8) is 0 Å². The SMILES string of the molecule is O=C(CN1CCC[C@@H]1c1ccc2c(c1)OCCO2)N1CCN(S(=O)(=O)c2ccccc2F)CC1. The molecule has 2 aromatic carbocycles. The summed E-state index contributed by atoms with van der Waals surface area (Å²) in [6.45, 7) is 3.05. The molecule has 0 spiro atoms. The maximum Gasteiger partial charge on any atom is 0.246 e. The zero-order chi connectivity index (χ0) is 23.7. The standard InChI is InChI=1S/C24H28FN3O5S/c25-19-4-1-2-6-23(19)34(30,31)28-12-10-26(11-13-28)24(29)17-27-9-3-5-20(27)18-7-8-21-22(16-18)33-15-14-32-21/h1-2,4,6-8,16,20H,3,5,9-15,17H2/t20-/m1/s1. The Kier molecular flexibility index (Phi) is 6.46. The molecule has 0 saturated carbocycles. The highest BCUT2D eigenvalue weighted by Gasteiger charge is 2.34. The van der Waals surface area contributed by atoms with Crippen LogP contribution >= 0.6 is 0 Å². The van der Waals surface area contributed by atoms with Crippen molar-refractivity contribution in [3.05, 3.63) is 53.8 Å². The average Bonchev–Trinajstić information content (AvgIpc) is 3.32. The number of halogens is 1. The number of hydrogen-bond donors (Lipinski definition) is 0. The van der Waals surface area contributed by atoms with Crippen molar-refractivity contribution in [3.8, 4) is 11.5 Å². The minimum absolute atomic E-state index is 0.0209. The molecule has 0 aromatic heterocycles. The second-order valence-corrected chi connectivity index (χ2v) is 10.7. The summed E-state index contributed by atoms with van der Waals surface area (Å²) in [5.41, 5.74) is 1.11. The van der Waals surface area contributed by atoms with E-state index in [2.05, 4.69) is 4.90 Å². The maximum absolute atomic E-state index is 14.1. The van der Waals surface area contributed by atoms with Crippen molar-refractivity contribution in [1.29, 1.82) is 0 Å². The summed E-state index contributed by atoms with van der Waals surface area (Å²) in [6, 6.07) is 11.5. The van der Waals surface area contributed by atoms with Gasteiger partial charge in [-0.2, -0.15) is 4.31 Å². The first-order valence-electron chi connectivity index (χ1n) is 11.6. The number of likely N-dealkylation sites (tertiary alicyclic amines) is 1. The first-order chi connectivity index (χ1) is 16.4. The maximum atomic E-state index is 14.1. The highest BCUT2D eigenvalue weighted by molar-refractivity contribution is 7.89. The lowest BCUT2D eigenvalue weighted by atomic mass is 10.0. The van der Waals surface area contributed by atoms with Crippen LogP contribution in [0.25, 0.3) is 0 Å². The van der Waals surface area contributed by atoms with E-state index in [1.54, 1.807) is 4.90 Å². The van der Waals surface area contributed by atoms with E-state index in [0.717, 1.165) is 42.5 Å². The molecule has 2 aromatic rings. The lowest BCUT2D eigenvalue weighted by Crippen LogP contribution is -2.52. The van der Waals surface area contributed by atoms with E-state index in [9.17, 15) is 17.6 Å². The van der Waals surface area contributed by atoms with Crippen molar-refractivity contribution in [2.75, 3.05) is 52.5 Å². The lowest BCUT2D eigenvalue weighted by Gasteiger charge is -2.35. The topological polar surface area (TPSA) is 79.4 Å². The Hall–Kier alpha value is -2.69. The molecule has 1 amide bonds. The van der Waals surface area contributed by atoms with Crippen LogP contribution in [-0.2, 0) is 14.8 Å². The van der Waals surface area contributed by atoms with E-state index in [-0.39, 0.29) is 49.6 Å². The van der Waals surface area contributed by atoms with Gasteiger partial charge in [-0.15, -0.1) is 0 Å². The van der Waals surface area contributed by atoms with Crippen LogP contribution in [0, 0.1) is 5.82 Å². The zero-order valence-corrected chi connectivity index (χ0v) is 19.7. The normalized spacial score (nSPS) is 21.6. The van der Waals surface area contributed by atoms with E-state index in [1.807, 2.05) is 18.2 Å². The molecule has 0 radical (unpaired) electrons. The molecule has 10 heteroatoms. The number of nitrogens with zero attached hydrogens (tertiary/aromatic N) is 3. The van der Waals surface area contributed by atoms with Crippen LogP contribution in [0.5, 0.6) is 11.5 Å². The highest BCUT2D eigenvalue weighted by atomic mass is 32.2. The van der Waals surface area contributed by atoms with Gasteiger partial charge in [-0.25, -0.2) is 12.8 Å². The summed E-state index contributed by atoms with van der Waals surface area (Å²) < 4.78 is 52.3. The largest absolute Gasteiger partial charge is 0.486 e. The van der Waals surface area contributed by atoms with E-state index in [0.29, 0.717) is 13.2 Å². The molecule has 0 bridgehead atoms. The molecule has 0 unspecified atom stereocenters. The molecule has 3 aliphatic rings. The van der Waals surface area contributed by atoms with Crippen LogP contribution in [0.2, 0.25) is 0 Å². The average molecular weight is 490 g/mol. The van der Waals surface area contributed by atoms with Gasteiger partial charge in [-0.3, -0.25) is 9.69 Å². The van der Waals surface area contributed by atoms with Crippen LogP contribution in [0.3, 0.4) is 0 Å². The van der Waals surface area contributed by atoms with Crippen LogP contribution < -0.4 is 9.47 Å². The Morgan fingerprint density at radius 1 is 0.971 bits per heavy atom. The van der Waals surface area contributed by atoms with Crippen molar-refractivity contribution >= 4 is 15.9 Å². The number of rotatable bonds is 5. The van der Waals surface area contributed by atoms with Crippen molar-refractivity contribution in [2.45, 2.75) is 23.8 Å². The molecular formula is C24H28FN3O5S. The van der Waals surface area contributed by atoms with Gasteiger partial charge in [0.05, 0.1) is 6.54 Å². The Morgan fingerprint density at radius 3 is 2.47 bits per heavy atom. The fourth-order valence-electron chi connectivity index (χ4n) is 4.90. The van der Waals surface area contributed by atoms with E-state index in [1.165, 1.54) is 22.5 Å². The minimum atomic E-state index is -3.93. The van der Waals surface area contributed by atoms with E-state index >= 15 is 0 Å². The monoisotopic (exact) mass is 489 g/mol. The molecule has 0 N–H and O–H groups in total. The van der Waals surface area contributed by atoms with Gasteiger partial charge in [0.25, 0.3) is 0 Å². The molecule has 34 heavy (non-hydrogen) atoms. The van der Waals surface area contributed by atoms with Crippen LogP contribution in [0.4, 0.5) is 4.39 Å². The number of piperazine rings is 1. The summed E-state index contributed by atoms with van der Waals surface area (Å²) in [4.78, 5) is 16.6. The molecular weight excluding hydrogens is 461 g/mol. The second-order valence-electron chi connectivity index (χ2n) is 8.75. The first-order valence-corrected chi connectivity index (χ1v) is 13.0. The Labute approximate surface area is 198 Å². The van der Waals surface area contributed by atoms with Gasteiger partial charge in [-0.05, 0) is 49.2 Å². The number of amides is 1. The number of ether oxygens (including phenoxy) is 2. The number of hydrogen-bond acceptors (Lipinski definition) is 6. The summed E-state index contributed by atoms with van der Waals surface area (Å²) >= 11 is 0. The van der Waals surface area contributed by atoms with Crippen LogP contribution in [-0.4, -0.2) is 80.9 Å². The molecule has 0 aliphatic carbocycles. The van der Waals surface area contributed by atoms with Gasteiger partial charge < -0.3 is 14.4 Å². The predicted molar refractivity (Wildman–Crippen MR) is 123 cm³/mol. The summed E-state index contributed by atoms with van der Waals surface area (Å²) in [7, 11) is -3.93. The smallest absolute Gasteiger partial charge is 0.246 e. The minimum Gasteiger partial charge on any atom is -0.486 e. The number of fused-ring (bicyclic) bond motifs is 1. The molecule has 8 nitrogen and oxygen atoms in total. The van der Waals surface area contributed by atoms with Crippen LogP contribution in [0.15, 0.2) is 47.4 Å². The molecule has 3 aliphatic heterocycles. The van der Waals surface area contributed by atoms with Gasteiger partial charge in [0, 0.05) is 32.2 Å². The molecule has 1 atom stereocenters. The quantitative estimate of drug-likeness (QED) is 0.641. The Bertz CT molecular complexity index is 1170. The highest BCUT2D eigenvalue weighted by Crippen LogP contribution is 2.38. The summed E-state index contributed by atoms with van der Waals surface area (Å²) in [5.74, 6) is 0.709. The zero-order valence-electron chi connectivity index (χ0n) is 18.9. The molecule has 5 rings (SSSR count). The van der Waals surface area contributed by atoms with Gasteiger partial charge in [0.2, 0.25) is 15.9 Å². The van der Waals surface area contributed by atoms with Crippen molar-refractivity contribution in [2.24, 2.45) is 0 Å². The fourth-order valence-corrected chi connectivity index (χ4v) is 6.39. The van der Waals surface area contributed by atoms with Gasteiger partial charge in [0.1, 0.15) is 23.9 Å². The Balaban J connectivity index is 1.20. The number of carbonyl (C=O) groups excluding carboxylic acids is 1. The second kappa shape index (κ2) is 9.52. The molecule has 3 heterocycles. The third-order valence-electron chi connectivity index (χ3n) is 6.70. The van der Waals surface area contributed by atoms with E-state index in [4.69, 9.17) is 9.47 Å². The number of carbonyl (C=O) groups is 1. The molecule has 2 fully saturated rings. The summed E-state index contributed by atoms with van der Waals surface area (Å²) in [6.07, 6.45) is 1.96. The third-order valence-corrected chi connectivity index (χ3v) is 8.63. The molecule has 182 valence electrons. The predicted octanol–water partition coefficient (Wildman–Crippen LogP) is 2.27. The lowest BCUT2D eigenvalue weighted by molar-refractivity contribution is -0.133. The van der Waals surface area contributed by atoms with E-state index < -0.39 is 15.8 Å². The van der Waals surface area contributed by atoms with Gasteiger partial charge in [-0.1, -0.05) is 18.2 Å². The fraction of sp³-hybridized carbons (Fsp3) is 0.458. The number of benzene rings is 2. The third kappa shape index (κ3) is 4.49. The first kappa shape index (κ1) is 23.1. The van der Waals surface area contributed by atoms with Crippen molar-refractivity contribution in [1.82, 2.24) is 14.1 Å². The summed E-state index contributed by atoms with van der Waals surface area (Å²) in [5, 5.41) is 0. The van der Waals surface area contributed by atoms with Crippen LogP contribution in [0.1, 0.15) is 24.4 Å². The molecule has 2 saturated heterocycles.